The SMILES string of the molecule is CCCCC(CCCC)(C1=NCCN1)C1=NCCN1. The van der Waals surface area contributed by atoms with Gasteiger partial charge >= 0.3 is 0 Å². The van der Waals surface area contributed by atoms with Gasteiger partial charge in [-0.25, -0.2) is 0 Å². The molecule has 0 aromatic carbocycles. The highest BCUT2D eigenvalue weighted by atomic mass is 15.1. The number of hydrogen-bond acceptors (Lipinski definition) is 4. The number of unbranched alkanes of at least 4 members (excludes halogenated alkanes) is 2. The number of nitrogens with one attached hydrogen (secondary N) is 2. The van der Waals surface area contributed by atoms with E-state index in [4.69, 9.17) is 9.98 Å². The summed E-state index contributed by atoms with van der Waals surface area (Å²) in [4.78, 5) is 9.49. The average molecular weight is 264 g/mol. The molecule has 2 heterocycles. The van der Waals surface area contributed by atoms with Crippen molar-refractivity contribution in [3.8, 4) is 0 Å². The number of rotatable bonds is 8. The van der Waals surface area contributed by atoms with Crippen LogP contribution in [0.5, 0.6) is 0 Å². The molecule has 4 nitrogen and oxygen atoms in total. The zero-order valence-corrected chi connectivity index (χ0v) is 12.5. The van der Waals surface area contributed by atoms with E-state index in [1.807, 2.05) is 0 Å². The molecular formula is C15H28N4. The minimum Gasteiger partial charge on any atom is -0.371 e. The first kappa shape index (κ1) is 14.4. The van der Waals surface area contributed by atoms with E-state index in [-0.39, 0.29) is 5.41 Å². The van der Waals surface area contributed by atoms with Crippen LogP contribution in [-0.2, 0) is 0 Å². The van der Waals surface area contributed by atoms with E-state index in [0.29, 0.717) is 0 Å². The van der Waals surface area contributed by atoms with Crippen LogP contribution >= 0.6 is 0 Å². The summed E-state index contributed by atoms with van der Waals surface area (Å²) in [6.07, 6.45) is 7.28. The topological polar surface area (TPSA) is 48.8 Å². The summed E-state index contributed by atoms with van der Waals surface area (Å²) in [5.74, 6) is 2.39. The molecule has 0 radical (unpaired) electrons. The minimum atomic E-state index is 0.0407. The van der Waals surface area contributed by atoms with Crippen LogP contribution < -0.4 is 10.6 Å². The summed E-state index contributed by atoms with van der Waals surface area (Å²) in [7, 11) is 0. The van der Waals surface area contributed by atoms with Gasteiger partial charge in [-0.15, -0.1) is 0 Å². The lowest BCUT2D eigenvalue weighted by molar-refractivity contribution is 0.429. The maximum atomic E-state index is 4.74. The van der Waals surface area contributed by atoms with Crippen molar-refractivity contribution in [2.75, 3.05) is 26.2 Å². The summed E-state index contributed by atoms with van der Waals surface area (Å²) in [5, 5.41) is 7.04. The second-order valence-corrected chi connectivity index (χ2v) is 5.60. The Bertz CT molecular complexity index is 312. The largest absolute Gasteiger partial charge is 0.371 e. The Hall–Kier alpha value is -1.06. The standard InChI is InChI=1S/C15H28N4/c1-3-5-7-15(8-6-4-2,13-16-9-10-17-13)14-18-11-12-19-14/h3-12H2,1-2H3,(H,16,17)(H,18,19). The van der Waals surface area contributed by atoms with Gasteiger partial charge < -0.3 is 10.6 Å². The molecule has 4 heteroatoms. The van der Waals surface area contributed by atoms with Gasteiger partial charge in [-0.05, 0) is 12.8 Å². The first-order valence-corrected chi connectivity index (χ1v) is 7.91. The van der Waals surface area contributed by atoms with E-state index < -0.39 is 0 Å². The van der Waals surface area contributed by atoms with Crippen LogP contribution in [0.25, 0.3) is 0 Å². The van der Waals surface area contributed by atoms with Crippen molar-refractivity contribution in [2.45, 2.75) is 52.4 Å². The van der Waals surface area contributed by atoms with Crippen LogP contribution in [0.15, 0.2) is 9.98 Å². The third-order valence-electron chi connectivity index (χ3n) is 4.17. The molecule has 2 rings (SSSR count). The van der Waals surface area contributed by atoms with Gasteiger partial charge in [-0.2, -0.15) is 0 Å². The van der Waals surface area contributed by atoms with Gasteiger partial charge in [0.2, 0.25) is 0 Å². The number of aliphatic imine (C=N–C) groups is 2. The van der Waals surface area contributed by atoms with Crippen LogP contribution in [-0.4, -0.2) is 37.9 Å². The normalized spacial score (nSPS) is 18.8. The molecule has 0 aliphatic carbocycles. The van der Waals surface area contributed by atoms with Crippen molar-refractivity contribution in [1.82, 2.24) is 10.6 Å². The molecular weight excluding hydrogens is 236 g/mol. The molecule has 0 fully saturated rings. The Labute approximate surface area is 117 Å². The van der Waals surface area contributed by atoms with E-state index in [9.17, 15) is 0 Å². The van der Waals surface area contributed by atoms with Crippen LogP contribution in [0.2, 0.25) is 0 Å². The predicted octanol–water partition coefficient (Wildman–Crippen LogP) is 2.36. The monoisotopic (exact) mass is 264 g/mol. The molecule has 19 heavy (non-hydrogen) atoms. The van der Waals surface area contributed by atoms with Gasteiger partial charge in [0, 0.05) is 13.1 Å². The van der Waals surface area contributed by atoms with Crippen molar-refractivity contribution in [3.05, 3.63) is 0 Å². The fraction of sp³-hybridized carbons (Fsp3) is 0.867. The summed E-state index contributed by atoms with van der Waals surface area (Å²) < 4.78 is 0. The molecule has 0 unspecified atom stereocenters. The molecule has 0 bridgehead atoms. The van der Waals surface area contributed by atoms with Crippen molar-refractivity contribution < 1.29 is 0 Å². The van der Waals surface area contributed by atoms with Gasteiger partial charge in [0.25, 0.3) is 0 Å². The molecule has 108 valence electrons. The maximum absolute atomic E-state index is 4.74. The Kier molecular flexibility index (Phi) is 5.23. The highest BCUT2D eigenvalue weighted by Crippen LogP contribution is 2.35. The maximum Gasteiger partial charge on any atom is 0.110 e. The average Bonchev–Trinajstić information content (AvgIpc) is 3.12. The molecule has 2 N–H and O–H groups in total. The first-order chi connectivity index (χ1) is 9.33. The third kappa shape index (κ3) is 3.10. The van der Waals surface area contributed by atoms with Crippen molar-refractivity contribution >= 4 is 11.7 Å². The van der Waals surface area contributed by atoms with Crippen LogP contribution in [0, 0.1) is 5.41 Å². The fourth-order valence-corrected chi connectivity index (χ4v) is 3.10. The molecule has 0 saturated heterocycles. The Morgan fingerprint density at radius 2 is 1.37 bits per heavy atom. The van der Waals surface area contributed by atoms with Crippen molar-refractivity contribution in [2.24, 2.45) is 15.4 Å². The summed E-state index contributed by atoms with van der Waals surface area (Å²) >= 11 is 0. The van der Waals surface area contributed by atoms with Gasteiger partial charge in [0.1, 0.15) is 11.7 Å². The summed E-state index contributed by atoms with van der Waals surface area (Å²) in [6, 6.07) is 0. The molecule has 0 amide bonds. The number of nitrogens with zero attached hydrogens (tertiary/aromatic N) is 2. The quantitative estimate of drug-likeness (QED) is 0.707. The Morgan fingerprint density at radius 3 is 1.68 bits per heavy atom. The summed E-state index contributed by atoms with van der Waals surface area (Å²) in [5.41, 5.74) is 0.0407. The Morgan fingerprint density at radius 1 is 0.895 bits per heavy atom. The fourth-order valence-electron chi connectivity index (χ4n) is 3.10. The highest BCUT2D eigenvalue weighted by molar-refractivity contribution is 6.10. The Balaban J connectivity index is 2.25. The van der Waals surface area contributed by atoms with E-state index in [2.05, 4.69) is 24.5 Å². The first-order valence-electron chi connectivity index (χ1n) is 7.91. The number of amidine groups is 2. The third-order valence-corrected chi connectivity index (χ3v) is 4.17. The lowest BCUT2D eigenvalue weighted by Crippen LogP contribution is -2.49. The zero-order chi connectivity index (χ0) is 13.6. The van der Waals surface area contributed by atoms with E-state index in [1.165, 1.54) is 50.2 Å². The minimum absolute atomic E-state index is 0.0407. The second kappa shape index (κ2) is 6.92. The molecule has 0 saturated carbocycles. The smallest absolute Gasteiger partial charge is 0.110 e. The van der Waals surface area contributed by atoms with Crippen LogP contribution in [0.1, 0.15) is 52.4 Å². The lowest BCUT2D eigenvalue weighted by atomic mass is 9.75. The van der Waals surface area contributed by atoms with E-state index in [1.54, 1.807) is 0 Å². The molecule has 0 aromatic rings. The van der Waals surface area contributed by atoms with Gasteiger partial charge in [-0.1, -0.05) is 39.5 Å². The van der Waals surface area contributed by atoms with Gasteiger partial charge in [0.15, 0.2) is 0 Å². The molecule has 2 aliphatic heterocycles. The van der Waals surface area contributed by atoms with Crippen LogP contribution in [0.4, 0.5) is 0 Å². The predicted molar refractivity (Wildman–Crippen MR) is 82.1 cm³/mol. The van der Waals surface area contributed by atoms with Crippen LogP contribution in [0.3, 0.4) is 0 Å². The molecule has 0 atom stereocenters. The lowest BCUT2D eigenvalue weighted by Gasteiger charge is -2.34. The van der Waals surface area contributed by atoms with Crippen molar-refractivity contribution in [3.63, 3.8) is 0 Å². The molecule has 0 spiro atoms. The number of hydrogen-bond donors (Lipinski definition) is 2. The van der Waals surface area contributed by atoms with Gasteiger partial charge in [0.05, 0.1) is 18.5 Å². The van der Waals surface area contributed by atoms with E-state index >= 15 is 0 Å². The zero-order valence-electron chi connectivity index (χ0n) is 12.5. The van der Waals surface area contributed by atoms with E-state index in [0.717, 1.165) is 26.2 Å². The second-order valence-electron chi connectivity index (χ2n) is 5.60. The highest BCUT2D eigenvalue weighted by Gasteiger charge is 2.42. The summed E-state index contributed by atoms with van der Waals surface area (Å²) in [6.45, 7) is 8.34. The van der Waals surface area contributed by atoms with Gasteiger partial charge in [-0.3, -0.25) is 9.98 Å². The molecule has 2 aliphatic rings. The van der Waals surface area contributed by atoms with Crippen molar-refractivity contribution in [1.29, 1.82) is 0 Å². The molecule has 0 aromatic heterocycles.